The molecule has 0 aliphatic heterocycles. The molecule has 0 amide bonds. The van der Waals surface area contributed by atoms with E-state index in [0.717, 1.165) is 35.7 Å². The molecule has 0 aliphatic rings. The summed E-state index contributed by atoms with van der Waals surface area (Å²) < 4.78 is 14.8. The second-order valence-corrected chi connectivity index (χ2v) is 5.85. The average Bonchev–Trinajstić information content (AvgIpc) is 3.21. The highest BCUT2D eigenvalue weighted by Gasteiger charge is 2.01. The van der Waals surface area contributed by atoms with Crippen molar-refractivity contribution in [2.75, 3.05) is 13.6 Å². The maximum absolute atomic E-state index is 12.9. The lowest BCUT2D eigenvalue weighted by Gasteiger charge is -2.12. The van der Waals surface area contributed by atoms with Crippen molar-refractivity contribution in [2.24, 2.45) is 4.99 Å². The second-order valence-electron chi connectivity index (χ2n) is 5.85. The zero-order chi connectivity index (χ0) is 18.2. The first kappa shape index (κ1) is 20.9. The van der Waals surface area contributed by atoms with Gasteiger partial charge in [0, 0.05) is 32.5 Å². The monoisotopic (exact) mass is 479 g/mol. The largest absolute Gasteiger partial charge is 0.356 e. The lowest BCUT2D eigenvalue weighted by atomic mass is 10.1. The van der Waals surface area contributed by atoms with Crippen LogP contribution in [0.15, 0.2) is 72.0 Å². The maximum Gasteiger partial charge on any atom is 0.191 e. The number of nitrogens with zero attached hydrogens (tertiary/aromatic N) is 3. The predicted octanol–water partition coefficient (Wildman–Crippen LogP) is 3.54. The fraction of sp³-hybridized carbons (Fsp3) is 0.200. The van der Waals surface area contributed by atoms with Gasteiger partial charge in [-0.1, -0.05) is 24.3 Å². The van der Waals surface area contributed by atoms with E-state index in [4.69, 9.17) is 0 Å². The van der Waals surface area contributed by atoms with Crippen molar-refractivity contribution < 1.29 is 4.39 Å². The third-order valence-electron chi connectivity index (χ3n) is 3.98. The molecule has 0 atom stereocenters. The SMILES string of the molecule is CN=C(NCCc1ccc(F)cc1)NCc1cccc(-n2cccn2)c1.I. The molecule has 2 N–H and O–H groups in total. The Morgan fingerprint density at radius 2 is 1.89 bits per heavy atom. The summed E-state index contributed by atoms with van der Waals surface area (Å²) in [7, 11) is 1.74. The van der Waals surface area contributed by atoms with E-state index in [1.54, 1.807) is 25.4 Å². The molecule has 2 aromatic carbocycles. The highest BCUT2D eigenvalue weighted by Crippen LogP contribution is 2.09. The Hall–Kier alpha value is -2.42. The first-order valence-electron chi connectivity index (χ1n) is 8.52. The summed E-state index contributed by atoms with van der Waals surface area (Å²) in [5.41, 5.74) is 3.24. The lowest BCUT2D eigenvalue weighted by Crippen LogP contribution is -2.37. The van der Waals surface area contributed by atoms with Crippen LogP contribution in [0.5, 0.6) is 0 Å². The quantitative estimate of drug-likeness (QED) is 0.323. The van der Waals surface area contributed by atoms with E-state index in [-0.39, 0.29) is 29.8 Å². The molecule has 3 rings (SSSR count). The van der Waals surface area contributed by atoms with E-state index in [1.807, 2.05) is 29.1 Å². The van der Waals surface area contributed by atoms with Gasteiger partial charge in [0.1, 0.15) is 5.82 Å². The van der Waals surface area contributed by atoms with Crippen molar-refractivity contribution in [1.29, 1.82) is 0 Å². The van der Waals surface area contributed by atoms with Crippen LogP contribution >= 0.6 is 24.0 Å². The molecule has 0 unspecified atom stereocenters. The van der Waals surface area contributed by atoms with Crippen LogP contribution in [0, 0.1) is 5.82 Å². The molecular weight excluding hydrogens is 456 g/mol. The normalized spacial score (nSPS) is 11.0. The number of hydrogen-bond acceptors (Lipinski definition) is 2. The van der Waals surface area contributed by atoms with Gasteiger partial charge in [0.2, 0.25) is 0 Å². The minimum absolute atomic E-state index is 0. The van der Waals surface area contributed by atoms with Gasteiger partial charge in [0.15, 0.2) is 5.96 Å². The van der Waals surface area contributed by atoms with Crippen LogP contribution in [0.25, 0.3) is 5.69 Å². The third kappa shape index (κ3) is 6.35. The molecule has 0 bridgehead atoms. The van der Waals surface area contributed by atoms with Gasteiger partial charge in [0.25, 0.3) is 0 Å². The number of halogens is 2. The third-order valence-corrected chi connectivity index (χ3v) is 3.98. The van der Waals surface area contributed by atoms with Crippen molar-refractivity contribution in [1.82, 2.24) is 20.4 Å². The summed E-state index contributed by atoms with van der Waals surface area (Å²) in [5, 5.41) is 10.8. The van der Waals surface area contributed by atoms with Gasteiger partial charge in [-0.05, 0) is 47.9 Å². The molecule has 3 aromatic rings. The Bertz CT molecular complexity index is 847. The van der Waals surface area contributed by atoms with E-state index in [2.05, 4.69) is 32.9 Å². The molecule has 0 radical (unpaired) electrons. The number of nitrogens with one attached hydrogen (secondary N) is 2. The summed E-state index contributed by atoms with van der Waals surface area (Å²) in [6.07, 6.45) is 4.48. The van der Waals surface area contributed by atoms with E-state index in [0.29, 0.717) is 6.54 Å². The Labute approximate surface area is 175 Å². The molecule has 0 saturated heterocycles. The van der Waals surface area contributed by atoms with Crippen LogP contribution in [0.1, 0.15) is 11.1 Å². The highest BCUT2D eigenvalue weighted by molar-refractivity contribution is 14.0. The average molecular weight is 479 g/mol. The van der Waals surface area contributed by atoms with Crippen molar-refractivity contribution in [2.45, 2.75) is 13.0 Å². The highest BCUT2D eigenvalue weighted by atomic mass is 127. The molecule has 0 fully saturated rings. The van der Waals surface area contributed by atoms with Crippen LogP contribution in [0.3, 0.4) is 0 Å². The van der Waals surface area contributed by atoms with E-state index < -0.39 is 0 Å². The number of guanidine groups is 1. The zero-order valence-electron chi connectivity index (χ0n) is 15.1. The number of rotatable bonds is 6. The number of aliphatic imine (C=N–C) groups is 1. The van der Waals surface area contributed by atoms with E-state index >= 15 is 0 Å². The van der Waals surface area contributed by atoms with Crippen molar-refractivity contribution in [3.05, 3.63) is 83.9 Å². The zero-order valence-corrected chi connectivity index (χ0v) is 17.4. The van der Waals surface area contributed by atoms with Gasteiger partial charge >= 0.3 is 0 Å². The van der Waals surface area contributed by atoms with Crippen molar-refractivity contribution in [3.63, 3.8) is 0 Å². The summed E-state index contributed by atoms with van der Waals surface area (Å²) in [6, 6.07) is 16.6. The van der Waals surface area contributed by atoms with E-state index in [1.165, 1.54) is 12.1 Å². The van der Waals surface area contributed by atoms with Crippen LogP contribution < -0.4 is 10.6 Å². The van der Waals surface area contributed by atoms with Gasteiger partial charge in [0.05, 0.1) is 5.69 Å². The molecule has 0 aliphatic carbocycles. The topological polar surface area (TPSA) is 54.2 Å². The lowest BCUT2D eigenvalue weighted by molar-refractivity contribution is 0.626. The molecule has 5 nitrogen and oxygen atoms in total. The van der Waals surface area contributed by atoms with Crippen molar-refractivity contribution >= 4 is 29.9 Å². The number of benzene rings is 2. The molecule has 142 valence electrons. The molecule has 0 spiro atoms. The van der Waals surface area contributed by atoms with Crippen LogP contribution in [-0.4, -0.2) is 29.3 Å². The molecule has 1 aromatic heterocycles. The Morgan fingerprint density at radius 3 is 2.59 bits per heavy atom. The fourth-order valence-corrected chi connectivity index (χ4v) is 2.61. The molecule has 7 heteroatoms. The Balaban J connectivity index is 0.00000261. The summed E-state index contributed by atoms with van der Waals surface area (Å²) >= 11 is 0. The predicted molar refractivity (Wildman–Crippen MR) is 117 cm³/mol. The van der Waals surface area contributed by atoms with Crippen LogP contribution in [0.2, 0.25) is 0 Å². The van der Waals surface area contributed by atoms with Crippen LogP contribution in [-0.2, 0) is 13.0 Å². The molecule has 27 heavy (non-hydrogen) atoms. The van der Waals surface area contributed by atoms with Gasteiger partial charge in [-0.15, -0.1) is 24.0 Å². The van der Waals surface area contributed by atoms with Gasteiger partial charge in [-0.3, -0.25) is 4.99 Å². The summed E-state index contributed by atoms with van der Waals surface area (Å²) in [4.78, 5) is 4.24. The van der Waals surface area contributed by atoms with E-state index in [9.17, 15) is 4.39 Å². The number of aromatic nitrogens is 2. The van der Waals surface area contributed by atoms with Crippen LogP contribution in [0.4, 0.5) is 4.39 Å². The maximum atomic E-state index is 12.9. The first-order chi connectivity index (χ1) is 12.7. The summed E-state index contributed by atoms with van der Waals surface area (Å²) in [5.74, 6) is 0.521. The minimum Gasteiger partial charge on any atom is -0.356 e. The first-order valence-corrected chi connectivity index (χ1v) is 8.52. The molecular formula is C20H23FIN5. The number of hydrogen-bond donors (Lipinski definition) is 2. The minimum atomic E-state index is -0.212. The van der Waals surface area contributed by atoms with Gasteiger partial charge in [-0.25, -0.2) is 9.07 Å². The second kappa shape index (κ2) is 10.7. The molecule has 0 saturated carbocycles. The Morgan fingerprint density at radius 1 is 1.07 bits per heavy atom. The van der Waals surface area contributed by atoms with Crippen molar-refractivity contribution in [3.8, 4) is 5.69 Å². The van der Waals surface area contributed by atoms with Gasteiger partial charge < -0.3 is 10.6 Å². The standard InChI is InChI=1S/C20H22FN5.HI/c1-22-20(23-12-10-16-6-8-18(21)9-7-16)24-15-17-4-2-5-19(14-17)26-13-3-11-25-26;/h2-9,11,13-14H,10,12,15H2,1H3,(H2,22,23,24);1H. The van der Waals surface area contributed by atoms with Gasteiger partial charge in [-0.2, -0.15) is 5.10 Å². The Kier molecular flexibility index (Phi) is 8.25. The smallest absolute Gasteiger partial charge is 0.191 e. The summed E-state index contributed by atoms with van der Waals surface area (Å²) in [6.45, 7) is 1.38. The fourth-order valence-electron chi connectivity index (χ4n) is 2.61. The molecule has 1 heterocycles.